The van der Waals surface area contributed by atoms with Crippen molar-refractivity contribution in [1.29, 1.82) is 0 Å². The molecule has 6 rings (SSSR count). The van der Waals surface area contributed by atoms with Gasteiger partial charge in [-0.05, 0) is 65.7 Å². The Morgan fingerprint density at radius 3 is 2.05 bits per heavy atom. The Kier molecular flexibility index (Phi) is 6.98. The van der Waals surface area contributed by atoms with Crippen molar-refractivity contribution in [3.63, 3.8) is 0 Å². The minimum Gasteiger partial charge on any atom is -0.461 e. The molecule has 0 aliphatic carbocycles. The summed E-state index contributed by atoms with van der Waals surface area (Å²) in [5.74, 6) is 0.547. The lowest BCUT2D eigenvalue weighted by atomic mass is 9.90. The van der Waals surface area contributed by atoms with E-state index in [4.69, 9.17) is 4.42 Å². The van der Waals surface area contributed by atoms with Crippen molar-refractivity contribution in [2.45, 2.75) is 18.9 Å². The average Bonchev–Trinajstić information content (AvgIpc) is 3.42. The summed E-state index contributed by atoms with van der Waals surface area (Å²) < 4.78 is 19.4. The predicted octanol–water partition coefficient (Wildman–Crippen LogP) is 7.05. The van der Waals surface area contributed by atoms with Crippen LogP contribution in [0.3, 0.4) is 0 Å². The molecule has 4 aromatic carbocycles. The number of nitrogens with zero attached hydrogens (tertiary/aromatic N) is 1. The summed E-state index contributed by atoms with van der Waals surface area (Å²) in [5, 5.41) is 3.07. The second-order valence-electron chi connectivity index (χ2n) is 9.86. The Bertz CT molecular complexity index is 1590. The Hall–Kier alpha value is -4.97. The van der Waals surface area contributed by atoms with Crippen molar-refractivity contribution in [2.75, 3.05) is 11.9 Å². The molecule has 1 aliphatic heterocycles. The third-order valence-electron chi connectivity index (χ3n) is 7.21. The minimum atomic E-state index is -0.431. The highest BCUT2D eigenvalue weighted by Crippen LogP contribution is 2.32. The first-order valence-corrected chi connectivity index (χ1v) is 13.2. The summed E-state index contributed by atoms with van der Waals surface area (Å²) in [5.41, 5.74) is 4.85. The monoisotopic (exact) mass is 530 g/mol. The lowest BCUT2D eigenvalue weighted by molar-refractivity contribution is -0.116. The molecule has 0 atom stereocenters. The van der Waals surface area contributed by atoms with Crippen LogP contribution in [-0.2, 0) is 17.8 Å². The molecule has 40 heavy (non-hydrogen) atoms. The summed E-state index contributed by atoms with van der Waals surface area (Å²) in [4.78, 5) is 28.1. The number of carbonyl (C=O) groups is 2. The van der Waals surface area contributed by atoms with Crippen LogP contribution in [0.25, 0.3) is 11.3 Å². The van der Waals surface area contributed by atoms with Crippen LogP contribution >= 0.6 is 0 Å². The number of hydrogen-bond acceptors (Lipinski definition) is 3. The van der Waals surface area contributed by atoms with E-state index in [0.29, 0.717) is 36.5 Å². The maximum absolute atomic E-state index is 13.4. The minimum absolute atomic E-state index is 0.107. The Balaban J connectivity index is 1.16. The number of nitrogens with one attached hydrogen (secondary N) is 1. The third kappa shape index (κ3) is 5.29. The topological polar surface area (TPSA) is 62.6 Å². The Morgan fingerprint density at radius 2 is 1.43 bits per heavy atom. The van der Waals surface area contributed by atoms with Gasteiger partial charge in [-0.3, -0.25) is 9.59 Å². The smallest absolute Gasteiger partial charge is 0.254 e. The molecule has 0 saturated heterocycles. The second kappa shape index (κ2) is 11.0. The quantitative estimate of drug-likeness (QED) is 0.256. The molecule has 0 radical (unpaired) electrons. The Morgan fingerprint density at radius 1 is 0.800 bits per heavy atom. The normalized spacial score (nSPS) is 12.7. The molecule has 6 heteroatoms. The largest absolute Gasteiger partial charge is 0.461 e. The summed E-state index contributed by atoms with van der Waals surface area (Å²) in [6.07, 6.45) is 0.608. The fraction of sp³-hybridized carbons (Fsp3) is 0.118. The van der Waals surface area contributed by atoms with Gasteiger partial charge in [0.15, 0.2) is 0 Å². The van der Waals surface area contributed by atoms with Gasteiger partial charge < -0.3 is 14.6 Å². The van der Waals surface area contributed by atoms with Gasteiger partial charge in [0.25, 0.3) is 5.91 Å². The number of rotatable bonds is 6. The Labute approximate surface area is 231 Å². The van der Waals surface area contributed by atoms with Gasteiger partial charge in [0.2, 0.25) is 5.91 Å². The van der Waals surface area contributed by atoms with Gasteiger partial charge in [0.05, 0.1) is 5.92 Å². The van der Waals surface area contributed by atoms with Crippen LogP contribution in [0.15, 0.2) is 120 Å². The lowest BCUT2D eigenvalue weighted by Gasteiger charge is -2.26. The number of amides is 2. The molecule has 0 saturated carbocycles. The van der Waals surface area contributed by atoms with E-state index in [2.05, 4.69) is 5.32 Å². The van der Waals surface area contributed by atoms with Crippen molar-refractivity contribution in [3.8, 4) is 11.3 Å². The van der Waals surface area contributed by atoms with Crippen LogP contribution in [0.1, 0.15) is 38.7 Å². The number of hydrogen-bond donors (Lipinski definition) is 1. The fourth-order valence-corrected chi connectivity index (χ4v) is 5.14. The molecular formula is C34H27FN2O3. The predicted molar refractivity (Wildman–Crippen MR) is 152 cm³/mol. The molecule has 0 bridgehead atoms. The van der Waals surface area contributed by atoms with Crippen molar-refractivity contribution < 1.29 is 18.4 Å². The molecule has 198 valence electrons. The lowest BCUT2D eigenvalue weighted by Crippen LogP contribution is -2.35. The van der Waals surface area contributed by atoms with E-state index in [1.165, 1.54) is 24.3 Å². The number of furan rings is 1. The van der Waals surface area contributed by atoms with E-state index < -0.39 is 5.92 Å². The highest BCUT2D eigenvalue weighted by Gasteiger charge is 2.26. The molecule has 1 N–H and O–H groups in total. The summed E-state index contributed by atoms with van der Waals surface area (Å²) in [6, 6.07) is 34.7. The first-order valence-electron chi connectivity index (χ1n) is 13.2. The van der Waals surface area contributed by atoms with Crippen LogP contribution in [0.5, 0.6) is 0 Å². The molecule has 2 amide bonds. The molecule has 5 nitrogen and oxygen atoms in total. The van der Waals surface area contributed by atoms with E-state index in [-0.39, 0.29) is 17.6 Å². The zero-order chi connectivity index (χ0) is 27.5. The van der Waals surface area contributed by atoms with Crippen LogP contribution in [0.4, 0.5) is 10.1 Å². The maximum atomic E-state index is 13.4. The van der Waals surface area contributed by atoms with Crippen LogP contribution in [-0.4, -0.2) is 23.3 Å². The summed E-state index contributed by atoms with van der Waals surface area (Å²) in [6.45, 7) is 0.967. The van der Waals surface area contributed by atoms with Gasteiger partial charge in [0, 0.05) is 41.9 Å². The van der Waals surface area contributed by atoms with Crippen LogP contribution in [0, 0.1) is 5.82 Å². The highest BCUT2D eigenvalue weighted by molar-refractivity contribution is 5.98. The van der Waals surface area contributed by atoms with Crippen molar-refractivity contribution in [2.24, 2.45) is 0 Å². The van der Waals surface area contributed by atoms with Gasteiger partial charge >= 0.3 is 0 Å². The van der Waals surface area contributed by atoms with Gasteiger partial charge in [-0.2, -0.15) is 0 Å². The van der Waals surface area contributed by atoms with Crippen molar-refractivity contribution >= 4 is 17.5 Å². The number of anilines is 1. The molecule has 1 aliphatic rings. The molecule has 5 aromatic rings. The number of halogens is 1. The second-order valence-corrected chi connectivity index (χ2v) is 9.86. The van der Waals surface area contributed by atoms with E-state index in [1.807, 2.05) is 91.0 Å². The standard InChI is InChI=1S/C34H27FN2O3/c35-28-15-11-26(12-16-28)34(39)37-20-19-30-27(22-37)21-31(40-30)23-13-17-29(18-14-23)36-33(38)32(24-7-3-1-4-8-24)25-9-5-2-6-10-25/h1-18,21,32H,19-20,22H2,(H,36,38). The molecule has 0 spiro atoms. The number of carbonyl (C=O) groups excluding carboxylic acids is 2. The SMILES string of the molecule is O=C(Nc1ccc(-c2cc3c(o2)CCN(C(=O)c2ccc(F)cc2)C3)cc1)C(c1ccccc1)c1ccccc1. The van der Waals surface area contributed by atoms with E-state index >= 15 is 0 Å². The summed E-state index contributed by atoms with van der Waals surface area (Å²) in [7, 11) is 0. The van der Waals surface area contributed by atoms with E-state index in [9.17, 15) is 14.0 Å². The molecule has 0 unspecified atom stereocenters. The average molecular weight is 531 g/mol. The zero-order valence-electron chi connectivity index (χ0n) is 21.7. The fourth-order valence-electron chi connectivity index (χ4n) is 5.14. The molecular weight excluding hydrogens is 503 g/mol. The first kappa shape index (κ1) is 25.3. The van der Waals surface area contributed by atoms with E-state index in [0.717, 1.165) is 28.0 Å². The van der Waals surface area contributed by atoms with Gasteiger partial charge in [-0.25, -0.2) is 4.39 Å². The number of benzene rings is 4. The van der Waals surface area contributed by atoms with Crippen molar-refractivity contribution in [1.82, 2.24) is 4.90 Å². The number of fused-ring (bicyclic) bond motifs is 1. The molecule has 1 aromatic heterocycles. The summed E-state index contributed by atoms with van der Waals surface area (Å²) >= 11 is 0. The van der Waals surface area contributed by atoms with Gasteiger partial charge in [0.1, 0.15) is 17.3 Å². The highest BCUT2D eigenvalue weighted by atomic mass is 19.1. The van der Waals surface area contributed by atoms with Crippen LogP contribution < -0.4 is 5.32 Å². The van der Waals surface area contributed by atoms with Gasteiger partial charge in [-0.1, -0.05) is 60.7 Å². The van der Waals surface area contributed by atoms with Crippen molar-refractivity contribution in [3.05, 3.63) is 149 Å². The first-order chi connectivity index (χ1) is 19.5. The zero-order valence-corrected chi connectivity index (χ0v) is 21.7. The molecule has 0 fully saturated rings. The maximum Gasteiger partial charge on any atom is 0.254 e. The third-order valence-corrected chi connectivity index (χ3v) is 7.21. The molecule has 2 heterocycles. The van der Waals surface area contributed by atoms with Gasteiger partial charge in [-0.15, -0.1) is 0 Å². The van der Waals surface area contributed by atoms with E-state index in [1.54, 1.807) is 4.90 Å². The van der Waals surface area contributed by atoms with Crippen LogP contribution in [0.2, 0.25) is 0 Å².